The smallest absolute Gasteiger partial charge is 0.233 e. The first-order valence-corrected chi connectivity index (χ1v) is 8.73. The van der Waals surface area contributed by atoms with Gasteiger partial charge in [-0.2, -0.15) is 0 Å². The highest BCUT2D eigenvalue weighted by Crippen LogP contribution is 2.22. The van der Waals surface area contributed by atoms with Gasteiger partial charge in [-0.05, 0) is 30.7 Å². The summed E-state index contributed by atoms with van der Waals surface area (Å²) in [6.07, 6.45) is 0. The predicted octanol–water partition coefficient (Wildman–Crippen LogP) is 0.651. The second-order valence-corrected chi connectivity index (χ2v) is 7.04. The van der Waals surface area contributed by atoms with Crippen LogP contribution < -0.4 is 14.8 Å². The SMILES string of the molecule is COc1ccc(NS(=O)(=O)CCN2CCNCC2)c(C)c1. The van der Waals surface area contributed by atoms with Gasteiger partial charge < -0.3 is 10.1 Å². The van der Waals surface area contributed by atoms with Gasteiger partial charge in [0.2, 0.25) is 10.0 Å². The molecule has 1 saturated heterocycles. The third-order valence-electron chi connectivity index (χ3n) is 3.58. The Morgan fingerprint density at radius 3 is 2.67 bits per heavy atom. The summed E-state index contributed by atoms with van der Waals surface area (Å²) in [4.78, 5) is 2.16. The Labute approximate surface area is 126 Å². The van der Waals surface area contributed by atoms with Gasteiger partial charge in [0.1, 0.15) is 5.75 Å². The highest BCUT2D eigenvalue weighted by molar-refractivity contribution is 7.92. The van der Waals surface area contributed by atoms with E-state index in [2.05, 4.69) is 14.9 Å². The molecule has 1 aliphatic heterocycles. The Morgan fingerprint density at radius 2 is 2.05 bits per heavy atom. The Bertz CT molecular complexity index is 569. The molecule has 0 aliphatic carbocycles. The summed E-state index contributed by atoms with van der Waals surface area (Å²) in [7, 11) is -1.74. The van der Waals surface area contributed by atoms with Crippen LogP contribution >= 0.6 is 0 Å². The number of piperazine rings is 1. The quantitative estimate of drug-likeness (QED) is 0.807. The van der Waals surface area contributed by atoms with E-state index in [0.717, 1.165) is 37.5 Å². The lowest BCUT2D eigenvalue weighted by molar-refractivity contribution is 0.254. The lowest BCUT2D eigenvalue weighted by Crippen LogP contribution is -2.45. The Kier molecular flexibility index (Phi) is 5.44. The number of ether oxygens (including phenoxy) is 1. The van der Waals surface area contributed by atoms with Crippen LogP contribution in [0.4, 0.5) is 5.69 Å². The molecule has 1 heterocycles. The fourth-order valence-corrected chi connectivity index (χ4v) is 3.44. The van der Waals surface area contributed by atoms with E-state index >= 15 is 0 Å². The summed E-state index contributed by atoms with van der Waals surface area (Å²) in [5.74, 6) is 0.828. The first-order valence-electron chi connectivity index (χ1n) is 7.08. The Hall–Kier alpha value is -1.31. The number of hydrogen-bond donors (Lipinski definition) is 2. The number of nitrogens with zero attached hydrogens (tertiary/aromatic N) is 1. The van der Waals surface area contributed by atoms with Gasteiger partial charge in [0, 0.05) is 32.7 Å². The molecule has 118 valence electrons. The highest BCUT2D eigenvalue weighted by atomic mass is 32.2. The van der Waals surface area contributed by atoms with Gasteiger partial charge in [-0.3, -0.25) is 9.62 Å². The average Bonchev–Trinajstić information content (AvgIpc) is 2.48. The maximum Gasteiger partial charge on any atom is 0.233 e. The number of methoxy groups -OCH3 is 1. The molecule has 0 bridgehead atoms. The number of sulfonamides is 1. The minimum Gasteiger partial charge on any atom is -0.497 e. The molecule has 7 heteroatoms. The van der Waals surface area contributed by atoms with Crippen molar-refractivity contribution >= 4 is 15.7 Å². The van der Waals surface area contributed by atoms with Crippen molar-refractivity contribution in [1.29, 1.82) is 0 Å². The van der Waals surface area contributed by atoms with Gasteiger partial charge in [-0.1, -0.05) is 0 Å². The monoisotopic (exact) mass is 313 g/mol. The van der Waals surface area contributed by atoms with E-state index in [4.69, 9.17) is 4.74 Å². The van der Waals surface area contributed by atoms with Crippen LogP contribution in [0.25, 0.3) is 0 Å². The van der Waals surface area contributed by atoms with E-state index in [1.165, 1.54) is 0 Å². The zero-order valence-corrected chi connectivity index (χ0v) is 13.4. The molecule has 0 unspecified atom stereocenters. The van der Waals surface area contributed by atoms with E-state index in [9.17, 15) is 8.42 Å². The summed E-state index contributed by atoms with van der Waals surface area (Å²) >= 11 is 0. The summed E-state index contributed by atoms with van der Waals surface area (Å²) in [6.45, 7) is 6.06. The van der Waals surface area contributed by atoms with Crippen LogP contribution in [0.15, 0.2) is 18.2 Å². The van der Waals surface area contributed by atoms with Gasteiger partial charge in [-0.15, -0.1) is 0 Å². The van der Waals surface area contributed by atoms with Crippen molar-refractivity contribution in [2.75, 3.05) is 50.3 Å². The van der Waals surface area contributed by atoms with Gasteiger partial charge in [-0.25, -0.2) is 8.42 Å². The minimum absolute atomic E-state index is 0.110. The molecule has 2 N–H and O–H groups in total. The molecule has 1 aliphatic rings. The summed E-state index contributed by atoms with van der Waals surface area (Å²) < 4.78 is 32.1. The molecule has 0 spiro atoms. The third-order valence-corrected chi connectivity index (χ3v) is 4.84. The van der Waals surface area contributed by atoms with Crippen molar-refractivity contribution in [2.45, 2.75) is 6.92 Å². The average molecular weight is 313 g/mol. The molecular weight excluding hydrogens is 290 g/mol. The number of aryl methyl sites for hydroxylation is 1. The van der Waals surface area contributed by atoms with Gasteiger partial charge in [0.25, 0.3) is 0 Å². The standard InChI is InChI=1S/C14H23N3O3S/c1-12-11-13(20-2)3-4-14(12)16-21(18,19)10-9-17-7-5-15-6-8-17/h3-4,11,15-16H,5-10H2,1-2H3. The second kappa shape index (κ2) is 7.11. The number of anilines is 1. The highest BCUT2D eigenvalue weighted by Gasteiger charge is 2.16. The van der Waals surface area contributed by atoms with Crippen molar-refractivity contribution in [1.82, 2.24) is 10.2 Å². The van der Waals surface area contributed by atoms with E-state index in [1.54, 1.807) is 19.2 Å². The third kappa shape index (κ3) is 4.87. The molecule has 2 rings (SSSR count). The number of nitrogens with one attached hydrogen (secondary N) is 2. The van der Waals surface area contributed by atoms with Crippen molar-refractivity contribution in [3.8, 4) is 5.75 Å². The van der Waals surface area contributed by atoms with E-state index in [0.29, 0.717) is 12.2 Å². The molecule has 0 saturated carbocycles. The van der Waals surface area contributed by atoms with Crippen LogP contribution in [0.2, 0.25) is 0 Å². The first kappa shape index (κ1) is 16.1. The normalized spacial score (nSPS) is 16.7. The zero-order valence-electron chi connectivity index (χ0n) is 12.6. The van der Waals surface area contributed by atoms with Crippen LogP contribution in [0, 0.1) is 6.92 Å². The molecule has 0 atom stereocenters. The van der Waals surface area contributed by atoms with Gasteiger partial charge in [0.15, 0.2) is 0 Å². The fraction of sp³-hybridized carbons (Fsp3) is 0.571. The Morgan fingerprint density at radius 1 is 1.33 bits per heavy atom. The summed E-state index contributed by atoms with van der Waals surface area (Å²) in [5, 5.41) is 3.25. The number of hydrogen-bond acceptors (Lipinski definition) is 5. The second-order valence-electron chi connectivity index (χ2n) is 5.19. The number of benzene rings is 1. The molecule has 0 aromatic heterocycles. The minimum atomic E-state index is -3.33. The molecule has 1 aromatic carbocycles. The summed E-state index contributed by atoms with van der Waals surface area (Å²) in [5.41, 5.74) is 1.45. The van der Waals surface area contributed by atoms with Crippen LogP contribution in [0.5, 0.6) is 5.75 Å². The molecule has 6 nitrogen and oxygen atoms in total. The largest absolute Gasteiger partial charge is 0.497 e. The molecular formula is C14H23N3O3S. The predicted molar refractivity (Wildman–Crippen MR) is 84.5 cm³/mol. The zero-order chi connectivity index (χ0) is 15.3. The Balaban J connectivity index is 1.93. The lowest BCUT2D eigenvalue weighted by Gasteiger charge is -2.27. The first-order chi connectivity index (χ1) is 10.00. The molecule has 21 heavy (non-hydrogen) atoms. The maximum atomic E-state index is 12.2. The van der Waals surface area contributed by atoms with Crippen molar-refractivity contribution in [3.63, 3.8) is 0 Å². The molecule has 0 amide bonds. The molecule has 0 radical (unpaired) electrons. The number of rotatable bonds is 6. The molecule has 1 fully saturated rings. The fourth-order valence-electron chi connectivity index (χ4n) is 2.28. The van der Waals surface area contributed by atoms with E-state index < -0.39 is 10.0 Å². The van der Waals surface area contributed by atoms with Gasteiger partial charge >= 0.3 is 0 Å². The van der Waals surface area contributed by atoms with Crippen LogP contribution in [0.3, 0.4) is 0 Å². The van der Waals surface area contributed by atoms with Crippen LogP contribution in [-0.4, -0.2) is 58.9 Å². The van der Waals surface area contributed by atoms with Crippen molar-refractivity contribution < 1.29 is 13.2 Å². The lowest BCUT2D eigenvalue weighted by atomic mass is 10.2. The van der Waals surface area contributed by atoms with E-state index in [-0.39, 0.29) is 5.75 Å². The maximum absolute atomic E-state index is 12.2. The van der Waals surface area contributed by atoms with Crippen LogP contribution in [0.1, 0.15) is 5.56 Å². The summed E-state index contributed by atoms with van der Waals surface area (Å²) in [6, 6.07) is 5.30. The topological polar surface area (TPSA) is 70.7 Å². The van der Waals surface area contributed by atoms with Crippen molar-refractivity contribution in [2.24, 2.45) is 0 Å². The van der Waals surface area contributed by atoms with E-state index in [1.807, 2.05) is 13.0 Å². The molecule has 1 aromatic rings. The van der Waals surface area contributed by atoms with Gasteiger partial charge in [0.05, 0.1) is 18.6 Å². The van der Waals surface area contributed by atoms with Crippen molar-refractivity contribution in [3.05, 3.63) is 23.8 Å². The van der Waals surface area contributed by atoms with Crippen LogP contribution in [-0.2, 0) is 10.0 Å².